The first-order valence-electron chi connectivity index (χ1n) is 19.1. The lowest BCUT2D eigenvalue weighted by Gasteiger charge is -2.27. The van der Waals surface area contributed by atoms with Gasteiger partial charge in [-0.1, -0.05) is 27.7 Å². The fraction of sp³-hybridized carbons (Fsp3) is 0.550. The molecule has 4 aliphatic carbocycles. The molecule has 4 aliphatic rings. The van der Waals surface area contributed by atoms with Gasteiger partial charge in [0.25, 0.3) is 0 Å². The van der Waals surface area contributed by atoms with Crippen molar-refractivity contribution in [1.29, 1.82) is 0 Å². The molecule has 9 rings (SSSR count). The molecule has 0 radical (unpaired) electrons. The van der Waals surface area contributed by atoms with Crippen LogP contribution in [0.4, 0.5) is 27.6 Å². The number of aryl methyl sites for hydroxylation is 2. The number of nitrogens with zero attached hydrogens (tertiary/aromatic N) is 4. The van der Waals surface area contributed by atoms with Gasteiger partial charge in [0.05, 0.1) is 40.9 Å². The van der Waals surface area contributed by atoms with E-state index in [0.29, 0.717) is 34.9 Å². The Kier molecular flexibility index (Phi) is 9.12. The number of ketones is 4. The number of carbonyl (C=O) groups excluding carboxylic acids is 4. The van der Waals surface area contributed by atoms with Crippen molar-refractivity contribution in [2.24, 2.45) is 45.5 Å². The topological polar surface area (TPSA) is 103 Å². The number of hydrogen-bond acceptors (Lipinski definition) is 9. The molecule has 55 heavy (non-hydrogen) atoms. The van der Waals surface area contributed by atoms with Gasteiger partial charge in [0.2, 0.25) is 0 Å². The zero-order valence-electron chi connectivity index (χ0n) is 30.7. The summed E-state index contributed by atoms with van der Waals surface area (Å²) in [6, 6.07) is 3.82. The molecule has 8 unspecified atom stereocenters. The second-order valence-electron chi connectivity index (χ2n) is 16.5. The van der Waals surface area contributed by atoms with Crippen LogP contribution in [0.1, 0.15) is 66.2 Å². The SMILES string of the molecule is CC(C)CCn1c2cc(N=C3C(=O)C4CC(F)C(F)CC4C3=O)sc2c2sc3c4sc(N=C5C(=O)C6CC(F)C(F)CC6C5=O)cc4n(CCC(C)C)c3c21. The maximum Gasteiger partial charge on any atom is 0.188 e. The highest BCUT2D eigenvalue weighted by molar-refractivity contribution is 7.35. The van der Waals surface area contributed by atoms with E-state index >= 15 is 0 Å². The van der Waals surface area contributed by atoms with E-state index in [1.807, 2.05) is 12.1 Å². The van der Waals surface area contributed by atoms with E-state index in [1.54, 1.807) is 11.3 Å². The van der Waals surface area contributed by atoms with Crippen LogP contribution in [0.5, 0.6) is 0 Å². The second-order valence-corrected chi connectivity index (χ2v) is 19.6. The normalized spacial score (nSPS) is 28.8. The van der Waals surface area contributed by atoms with Gasteiger partial charge in [-0.3, -0.25) is 19.2 Å². The maximum atomic E-state index is 14.2. The lowest BCUT2D eigenvalue weighted by atomic mass is 9.79. The van der Waals surface area contributed by atoms with Crippen LogP contribution in [-0.4, -0.2) is 68.4 Å². The number of thiophene rings is 3. The fourth-order valence-electron chi connectivity index (χ4n) is 9.04. The number of aliphatic imine (C=N–C) groups is 2. The highest BCUT2D eigenvalue weighted by atomic mass is 32.1. The molecular weight excluding hydrogens is 773 g/mol. The summed E-state index contributed by atoms with van der Waals surface area (Å²) in [6.45, 7) is 10.1. The van der Waals surface area contributed by atoms with Crippen molar-refractivity contribution in [2.45, 2.75) is 104 Å². The molecule has 4 saturated carbocycles. The summed E-state index contributed by atoms with van der Waals surface area (Å²) in [7, 11) is 0. The van der Waals surface area contributed by atoms with Gasteiger partial charge in [0, 0.05) is 36.8 Å². The van der Waals surface area contributed by atoms with Gasteiger partial charge in [-0.2, -0.15) is 0 Å². The molecule has 0 N–H and O–H groups in total. The van der Waals surface area contributed by atoms with Crippen molar-refractivity contribution in [3.05, 3.63) is 12.1 Å². The Morgan fingerprint density at radius 2 is 0.891 bits per heavy atom. The van der Waals surface area contributed by atoms with Crippen LogP contribution in [0, 0.1) is 35.5 Å². The van der Waals surface area contributed by atoms with Crippen molar-refractivity contribution in [3.63, 3.8) is 0 Å². The Bertz CT molecular complexity index is 2290. The van der Waals surface area contributed by atoms with E-state index in [1.165, 1.54) is 22.7 Å². The highest BCUT2D eigenvalue weighted by Gasteiger charge is 2.54. The minimum absolute atomic E-state index is 0.219. The molecule has 0 saturated heterocycles. The van der Waals surface area contributed by atoms with Crippen molar-refractivity contribution in [3.8, 4) is 0 Å². The predicted octanol–water partition coefficient (Wildman–Crippen LogP) is 10.0. The lowest BCUT2D eigenvalue weighted by Crippen LogP contribution is -2.35. The van der Waals surface area contributed by atoms with E-state index in [9.17, 15) is 36.7 Å². The number of aromatic nitrogens is 2. The average Bonchev–Trinajstić information content (AvgIpc) is 3.97. The van der Waals surface area contributed by atoms with Crippen LogP contribution in [0.2, 0.25) is 0 Å². The Labute approximate surface area is 325 Å². The van der Waals surface area contributed by atoms with Crippen molar-refractivity contribution in [1.82, 2.24) is 9.13 Å². The Morgan fingerprint density at radius 3 is 1.20 bits per heavy atom. The monoisotopic (exact) mass is 812 g/mol. The molecule has 15 heteroatoms. The van der Waals surface area contributed by atoms with E-state index in [0.717, 1.165) is 53.7 Å². The molecular formula is C40H40F4N4O4S3. The van der Waals surface area contributed by atoms with Crippen LogP contribution >= 0.6 is 34.0 Å². The zero-order chi connectivity index (χ0) is 38.8. The van der Waals surface area contributed by atoms with E-state index in [4.69, 9.17) is 0 Å². The summed E-state index contributed by atoms with van der Waals surface area (Å²) in [5.74, 6) is -4.71. The molecule has 8 nitrogen and oxygen atoms in total. The van der Waals surface area contributed by atoms with Crippen molar-refractivity contribution in [2.75, 3.05) is 0 Å². The van der Waals surface area contributed by atoms with Crippen LogP contribution in [-0.2, 0) is 32.3 Å². The number of fused-ring (bicyclic) bond motifs is 9. The van der Waals surface area contributed by atoms with E-state index in [2.05, 4.69) is 46.8 Å². The average molecular weight is 813 g/mol. The molecule has 0 amide bonds. The van der Waals surface area contributed by atoms with Crippen LogP contribution in [0.3, 0.4) is 0 Å². The first-order chi connectivity index (χ1) is 26.2. The molecule has 0 aliphatic heterocycles. The predicted molar refractivity (Wildman–Crippen MR) is 211 cm³/mol. The third-order valence-electron chi connectivity index (χ3n) is 12.0. The first kappa shape index (κ1) is 37.0. The number of Topliss-reactive ketones (excluding diaryl/α,β-unsaturated/α-hetero) is 4. The maximum absolute atomic E-state index is 14.2. The number of carbonyl (C=O) groups is 4. The number of rotatable bonds is 8. The van der Waals surface area contributed by atoms with Gasteiger partial charge in [0.15, 0.2) is 34.6 Å². The van der Waals surface area contributed by atoms with Gasteiger partial charge in [0.1, 0.15) is 34.7 Å². The molecule has 5 aromatic rings. The number of halogens is 4. The summed E-state index contributed by atoms with van der Waals surface area (Å²) < 4.78 is 65.5. The highest BCUT2D eigenvalue weighted by Crippen LogP contribution is 2.52. The van der Waals surface area contributed by atoms with Crippen LogP contribution in [0.25, 0.3) is 40.9 Å². The summed E-state index contributed by atoms with van der Waals surface area (Å²) in [6.07, 6.45) is -6.49. The minimum Gasteiger partial charge on any atom is -0.337 e. The van der Waals surface area contributed by atoms with Crippen LogP contribution in [0.15, 0.2) is 22.1 Å². The standard InChI is InChI=1S/C40H40F4N4O4S3/c1-15(2)5-7-47-25-13-27(45-29-33(49)17-9-21(41)22(42)10-18(17)34(29)50)53-37(25)39-31(47)32-40(55-39)38-26(48(32)8-6-16(3)4)14-28(54-38)46-30-35(51)19-11-23(43)24(44)12-20(19)36(30)52/h13-24H,5-12H2,1-4H3. The summed E-state index contributed by atoms with van der Waals surface area (Å²) in [4.78, 5) is 62.3. The zero-order valence-corrected chi connectivity index (χ0v) is 33.2. The van der Waals surface area contributed by atoms with Crippen LogP contribution < -0.4 is 0 Å². The molecule has 0 spiro atoms. The smallest absolute Gasteiger partial charge is 0.188 e. The van der Waals surface area contributed by atoms with Gasteiger partial charge in [-0.25, -0.2) is 27.5 Å². The molecule has 5 heterocycles. The molecule has 0 aromatic carbocycles. The second kappa shape index (κ2) is 13.5. The Hall–Kier alpha value is -3.56. The number of hydrogen-bond donors (Lipinski definition) is 0. The van der Waals surface area contributed by atoms with Gasteiger partial charge in [-0.05, 0) is 62.5 Å². The molecule has 0 bridgehead atoms. The minimum atomic E-state index is -1.77. The first-order valence-corrected chi connectivity index (χ1v) is 21.6. The molecule has 5 aromatic heterocycles. The van der Waals surface area contributed by atoms with Crippen molar-refractivity contribution < 1.29 is 36.7 Å². The van der Waals surface area contributed by atoms with E-state index in [-0.39, 0.29) is 37.1 Å². The molecule has 8 atom stereocenters. The Balaban J connectivity index is 1.17. The number of alkyl halides is 4. The summed E-state index contributed by atoms with van der Waals surface area (Å²) >= 11 is 4.40. The largest absolute Gasteiger partial charge is 0.337 e. The van der Waals surface area contributed by atoms with Gasteiger partial charge < -0.3 is 9.13 Å². The van der Waals surface area contributed by atoms with Crippen molar-refractivity contribution >= 4 is 119 Å². The van der Waals surface area contributed by atoms with Gasteiger partial charge >= 0.3 is 0 Å². The van der Waals surface area contributed by atoms with Gasteiger partial charge in [-0.15, -0.1) is 34.0 Å². The fourth-order valence-corrected chi connectivity index (χ4v) is 12.7. The van der Waals surface area contributed by atoms with E-state index < -0.39 is 71.5 Å². The summed E-state index contributed by atoms with van der Waals surface area (Å²) in [5.41, 5.74) is 3.60. The summed E-state index contributed by atoms with van der Waals surface area (Å²) in [5, 5.41) is 0.970. The quantitative estimate of drug-likeness (QED) is 0.146. The lowest BCUT2D eigenvalue weighted by molar-refractivity contribution is -0.123. The third-order valence-corrected chi connectivity index (χ3v) is 15.6. The molecule has 290 valence electrons. The Morgan fingerprint density at radius 1 is 0.564 bits per heavy atom. The third kappa shape index (κ3) is 5.83. The molecule has 4 fully saturated rings.